The molecule has 1 aliphatic rings. The molecule has 1 fully saturated rings. The highest BCUT2D eigenvalue weighted by Gasteiger charge is 2.20. The van der Waals surface area contributed by atoms with E-state index >= 15 is 0 Å². The molecule has 2 N–H and O–H groups in total. The molecule has 1 saturated heterocycles. The molecule has 3 aromatic rings. The van der Waals surface area contributed by atoms with Crippen molar-refractivity contribution in [2.75, 3.05) is 18.0 Å². The van der Waals surface area contributed by atoms with E-state index in [1.54, 1.807) is 0 Å². The number of halogens is 2. The number of aliphatic imine (C=N–C) groups is 1. The number of anilines is 1. The van der Waals surface area contributed by atoms with Gasteiger partial charge in [0.2, 0.25) is 0 Å². The molecule has 0 amide bonds. The summed E-state index contributed by atoms with van der Waals surface area (Å²) in [7, 11) is 0. The van der Waals surface area contributed by atoms with Crippen molar-refractivity contribution in [2.24, 2.45) is 4.99 Å². The topological polar surface area (TPSA) is 130 Å². The van der Waals surface area contributed by atoms with Gasteiger partial charge in [0.15, 0.2) is 11.5 Å². The molecule has 0 aliphatic carbocycles. The SMILES string of the molecule is ONC(=Nc1ccc(F)c(Cl)c1)c1nonc1Cn1nnc(N2CCCC2)n1. The Kier molecular flexibility index (Phi) is 5.12. The van der Waals surface area contributed by atoms with Gasteiger partial charge in [0.05, 0.1) is 10.7 Å². The van der Waals surface area contributed by atoms with Crippen LogP contribution in [0.25, 0.3) is 0 Å². The van der Waals surface area contributed by atoms with Gasteiger partial charge >= 0.3 is 0 Å². The van der Waals surface area contributed by atoms with E-state index in [1.807, 2.05) is 10.4 Å². The second kappa shape index (κ2) is 7.86. The minimum Gasteiger partial charge on any atom is -0.338 e. The summed E-state index contributed by atoms with van der Waals surface area (Å²) in [6.45, 7) is 1.90. The fourth-order valence-electron chi connectivity index (χ4n) is 2.78. The maximum absolute atomic E-state index is 13.3. The average Bonchev–Trinajstić information content (AvgIpc) is 3.44. The van der Waals surface area contributed by atoms with Gasteiger partial charge in [0.25, 0.3) is 5.95 Å². The summed E-state index contributed by atoms with van der Waals surface area (Å²) >= 11 is 5.76. The van der Waals surface area contributed by atoms with Crippen LogP contribution >= 0.6 is 11.6 Å². The molecule has 28 heavy (non-hydrogen) atoms. The van der Waals surface area contributed by atoms with Crippen molar-refractivity contribution in [1.82, 2.24) is 36.0 Å². The molecule has 1 aromatic carbocycles. The molecule has 0 spiro atoms. The molecule has 3 heterocycles. The number of tetrazole rings is 1. The normalized spacial score (nSPS) is 14.7. The monoisotopic (exact) mass is 407 g/mol. The molecular formula is C15H15ClFN9O2. The lowest BCUT2D eigenvalue weighted by Gasteiger charge is -2.09. The van der Waals surface area contributed by atoms with Crippen LogP contribution in [0.2, 0.25) is 5.02 Å². The maximum atomic E-state index is 13.3. The first-order chi connectivity index (χ1) is 13.6. The zero-order valence-electron chi connectivity index (χ0n) is 14.5. The lowest BCUT2D eigenvalue weighted by atomic mass is 10.3. The summed E-state index contributed by atoms with van der Waals surface area (Å²) in [6.07, 6.45) is 2.20. The van der Waals surface area contributed by atoms with Gasteiger partial charge in [-0.1, -0.05) is 21.9 Å². The number of rotatable bonds is 5. The van der Waals surface area contributed by atoms with E-state index in [1.165, 1.54) is 16.9 Å². The second-order valence-electron chi connectivity index (χ2n) is 6.04. The van der Waals surface area contributed by atoms with Gasteiger partial charge in [0.1, 0.15) is 18.1 Å². The Labute approximate surface area is 162 Å². The van der Waals surface area contributed by atoms with Crippen LogP contribution in [0.1, 0.15) is 24.2 Å². The summed E-state index contributed by atoms with van der Waals surface area (Å²) in [6, 6.07) is 3.87. The fourth-order valence-corrected chi connectivity index (χ4v) is 2.96. The number of aromatic nitrogens is 6. The molecule has 0 saturated carbocycles. The molecule has 4 rings (SSSR count). The molecule has 11 nitrogen and oxygen atoms in total. The third-order valence-corrected chi connectivity index (χ3v) is 4.44. The van der Waals surface area contributed by atoms with Crippen molar-refractivity contribution in [3.05, 3.63) is 40.4 Å². The standard InChI is InChI=1S/C15H15ClFN9O2/c16-10-7-9(3-4-11(10)17)18-14(21-27)13-12(22-28-23-13)8-26-20-15(19-24-26)25-5-1-2-6-25/h3-4,7,27H,1-2,5-6,8H2,(H,18,21). The minimum absolute atomic E-state index is 0.0567. The summed E-state index contributed by atoms with van der Waals surface area (Å²) < 4.78 is 18.1. The van der Waals surface area contributed by atoms with Gasteiger partial charge < -0.3 is 4.90 Å². The van der Waals surface area contributed by atoms with Crippen LogP contribution in [-0.2, 0) is 6.54 Å². The Morgan fingerprint density at radius 1 is 1.32 bits per heavy atom. The van der Waals surface area contributed by atoms with Crippen molar-refractivity contribution in [1.29, 1.82) is 0 Å². The van der Waals surface area contributed by atoms with Gasteiger partial charge in [-0.25, -0.2) is 14.0 Å². The Morgan fingerprint density at radius 2 is 2.14 bits per heavy atom. The largest absolute Gasteiger partial charge is 0.338 e. The number of hydrogen-bond donors (Lipinski definition) is 2. The molecule has 0 unspecified atom stereocenters. The zero-order valence-corrected chi connectivity index (χ0v) is 15.2. The van der Waals surface area contributed by atoms with Gasteiger partial charge in [0, 0.05) is 13.1 Å². The van der Waals surface area contributed by atoms with Crippen LogP contribution in [0.4, 0.5) is 16.0 Å². The summed E-state index contributed by atoms with van der Waals surface area (Å²) in [5.41, 5.74) is 2.70. The molecular weight excluding hydrogens is 393 g/mol. The number of nitrogens with one attached hydrogen (secondary N) is 1. The molecule has 0 atom stereocenters. The van der Waals surface area contributed by atoms with E-state index in [2.05, 4.69) is 30.7 Å². The second-order valence-corrected chi connectivity index (χ2v) is 6.45. The first-order valence-corrected chi connectivity index (χ1v) is 8.80. The molecule has 2 aromatic heterocycles. The highest BCUT2D eigenvalue weighted by Crippen LogP contribution is 2.22. The fraction of sp³-hybridized carbons (Fsp3) is 0.333. The van der Waals surface area contributed by atoms with E-state index < -0.39 is 5.82 Å². The Balaban J connectivity index is 1.57. The van der Waals surface area contributed by atoms with Crippen LogP contribution in [-0.4, -0.2) is 54.7 Å². The number of hydroxylamine groups is 1. The van der Waals surface area contributed by atoms with E-state index in [9.17, 15) is 9.60 Å². The molecule has 0 bridgehead atoms. The smallest absolute Gasteiger partial charge is 0.266 e. The zero-order chi connectivity index (χ0) is 19.5. The van der Waals surface area contributed by atoms with Gasteiger partial charge in [-0.15, -0.1) is 5.10 Å². The van der Waals surface area contributed by atoms with E-state index in [4.69, 9.17) is 16.2 Å². The van der Waals surface area contributed by atoms with Crippen molar-refractivity contribution in [2.45, 2.75) is 19.4 Å². The maximum Gasteiger partial charge on any atom is 0.266 e. The van der Waals surface area contributed by atoms with Crippen molar-refractivity contribution >= 4 is 29.1 Å². The van der Waals surface area contributed by atoms with E-state index in [-0.39, 0.29) is 23.1 Å². The minimum atomic E-state index is -0.575. The van der Waals surface area contributed by atoms with Crippen LogP contribution < -0.4 is 10.4 Å². The first-order valence-electron chi connectivity index (χ1n) is 8.42. The lowest BCUT2D eigenvalue weighted by molar-refractivity contribution is 0.234. The van der Waals surface area contributed by atoms with E-state index in [0.29, 0.717) is 17.3 Å². The highest BCUT2D eigenvalue weighted by atomic mass is 35.5. The predicted octanol–water partition coefficient (Wildman–Crippen LogP) is 1.55. The third kappa shape index (κ3) is 3.77. The summed E-state index contributed by atoms with van der Waals surface area (Å²) in [4.78, 5) is 7.56. The quantitative estimate of drug-likeness (QED) is 0.367. The van der Waals surface area contributed by atoms with Crippen LogP contribution in [0.15, 0.2) is 27.8 Å². The molecule has 13 heteroatoms. The average molecular weight is 408 g/mol. The Morgan fingerprint density at radius 3 is 2.89 bits per heavy atom. The van der Waals surface area contributed by atoms with Crippen LogP contribution in [0.3, 0.4) is 0 Å². The van der Waals surface area contributed by atoms with E-state index in [0.717, 1.165) is 32.0 Å². The van der Waals surface area contributed by atoms with Crippen molar-refractivity contribution in [3.8, 4) is 0 Å². The Hall–Kier alpha value is -3.12. The van der Waals surface area contributed by atoms with Crippen LogP contribution in [0, 0.1) is 5.82 Å². The van der Waals surface area contributed by atoms with Gasteiger partial charge in [-0.3, -0.25) is 10.7 Å². The summed E-state index contributed by atoms with van der Waals surface area (Å²) in [5, 5.41) is 29.3. The lowest BCUT2D eigenvalue weighted by Crippen LogP contribution is -2.23. The van der Waals surface area contributed by atoms with Crippen molar-refractivity contribution < 1.29 is 14.2 Å². The van der Waals surface area contributed by atoms with Gasteiger partial charge in [-0.05, 0) is 41.4 Å². The first kappa shape index (κ1) is 18.3. The van der Waals surface area contributed by atoms with Crippen LogP contribution in [0.5, 0.6) is 0 Å². The van der Waals surface area contributed by atoms with Crippen molar-refractivity contribution in [3.63, 3.8) is 0 Å². The molecule has 146 valence electrons. The highest BCUT2D eigenvalue weighted by molar-refractivity contribution is 6.31. The Bertz CT molecular complexity index is 999. The number of nitrogens with zero attached hydrogens (tertiary/aromatic N) is 8. The number of benzene rings is 1. The molecule has 1 aliphatic heterocycles. The predicted molar refractivity (Wildman–Crippen MR) is 95.2 cm³/mol. The van der Waals surface area contributed by atoms with Gasteiger partial charge in [-0.2, -0.15) is 4.80 Å². The summed E-state index contributed by atoms with van der Waals surface area (Å²) in [5.74, 6) is -0.0848. The number of amidine groups is 1. The molecule has 0 radical (unpaired) electrons. The third-order valence-electron chi connectivity index (χ3n) is 4.15. The number of hydrogen-bond acceptors (Lipinski definition) is 9.